The number of nitrogens with zero attached hydrogens (tertiary/aromatic N) is 4. The Hall–Kier alpha value is -3.63. The lowest BCUT2D eigenvalue weighted by Crippen LogP contribution is -2.68. The molecule has 2 N–H and O–H groups in total. The Balaban J connectivity index is 1.26. The highest BCUT2D eigenvalue weighted by atomic mass is 16.5. The van der Waals surface area contributed by atoms with Crippen molar-refractivity contribution in [2.75, 3.05) is 52.6 Å². The van der Waals surface area contributed by atoms with E-state index in [1.807, 2.05) is 22.2 Å². The summed E-state index contributed by atoms with van der Waals surface area (Å²) in [6, 6.07) is 6.02. The summed E-state index contributed by atoms with van der Waals surface area (Å²) in [6.45, 7) is 7.10. The van der Waals surface area contributed by atoms with Crippen LogP contribution in [0, 0.1) is 12.3 Å². The molecule has 3 amide bonds. The molecule has 0 bridgehead atoms. The molecule has 198 valence electrons. The van der Waals surface area contributed by atoms with E-state index >= 15 is 0 Å². The largest absolute Gasteiger partial charge is 0.465 e. The summed E-state index contributed by atoms with van der Waals surface area (Å²) < 4.78 is 11.1. The van der Waals surface area contributed by atoms with Crippen LogP contribution in [0.15, 0.2) is 30.6 Å². The average molecular weight is 518 g/mol. The topological polar surface area (TPSA) is 111 Å². The van der Waals surface area contributed by atoms with Gasteiger partial charge in [-0.25, -0.2) is 14.6 Å². The predicted octanol–water partition coefficient (Wildman–Crippen LogP) is 3.40. The van der Waals surface area contributed by atoms with E-state index in [2.05, 4.69) is 35.1 Å². The van der Waals surface area contributed by atoms with Gasteiger partial charge < -0.3 is 29.4 Å². The van der Waals surface area contributed by atoms with Gasteiger partial charge in [-0.2, -0.15) is 0 Å². The van der Waals surface area contributed by atoms with Gasteiger partial charge in [0.2, 0.25) is 0 Å². The maximum atomic E-state index is 13.4. The number of nitrogens with one attached hydrogen (secondary N) is 1. The van der Waals surface area contributed by atoms with Crippen LogP contribution in [0.2, 0.25) is 0 Å². The van der Waals surface area contributed by atoms with E-state index in [1.165, 1.54) is 4.90 Å². The third kappa shape index (κ3) is 3.73. The number of likely N-dealkylation sites (tertiary alicyclic amines) is 1. The molecule has 2 aromatic heterocycles. The number of morpholine rings is 1. The number of hydrogen-bond donors (Lipinski definition) is 2. The van der Waals surface area contributed by atoms with Crippen molar-refractivity contribution in [3.05, 3.63) is 52.8 Å². The molecule has 0 saturated carbocycles. The first-order valence-corrected chi connectivity index (χ1v) is 13.2. The van der Waals surface area contributed by atoms with E-state index in [1.54, 1.807) is 0 Å². The van der Waals surface area contributed by atoms with Gasteiger partial charge in [-0.15, -0.1) is 0 Å². The zero-order valence-corrected chi connectivity index (χ0v) is 21.4. The number of hydrogen-bond acceptors (Lipinski definition) is 5. The molecule has 1 spiro atoms. The molecule has 3 aromatic rings. The molecule has 10 nitrogen and oxygen atoms in total. The normalized spacial score (nSPS) is 22.2. The van der Waals surface area contributed by atoms with Gasteiger partial charge >= 0.3 is 12.1 Å². The summed E-state index contributed by atoms with van der Waals surface area (Å²) in [5, 5.41) is 11.1. The summed E-state index contributed by atoms with van der Waals surface area (Å²) in [6.07, 6.45) is 3.57. The minimum Gasteiger partial charge on any atom is -0.465 e. The molecule has 3 fully saturated rings. The van der Waals surface area contributed by atoms with Crippen LogP contribution < -0.4 is 0 Å². The second-order valence-electron chi connectivity index (χ2n) is 11.2. The van der Waals surface area contributed by atoms with Crippen molar-refractivity contribution in [1.29, 1.82) is 0 Å². The molecule has 1 aromatic carbocycles. The summed E-state index contributed by atoms with van der Waals surface area (Å²) >= 11 is 0. The van der Waals surface area contributed by atoms with Gasteiger partial charge in [-0.1, -0.05) is 6.07 Å². The number of rotatable bonds is 2. The lowest BCUT2D eigenvalue weighted by atomic mass is 9.78. The number of benzene rings is 1. The van der Waals surface area contributed by atoms with Gasteiger partial charge in [-0.05, 0) is 53.3 Å². The van der Waals surface area contributed by atoms with Crippen molar-refractivity contribution in [3.63, 3.8) is 0 Å². The molecule has 6 heterocycles. The second-order valence-corrected chi connectivity index (χ2v) is 11.2. The Morgan fingerprint density at radius 1 is 1.11 bits per heavy atom. The van der Waals surface area contributed by atoms with Crippen molar-refractivity contribution in [1.82, 2.24) is 24.7 Å². The molecule has 10 heteroatoms. The smallest absolute Gasteiger partial charge is 0.407 e. The highest BCUT2D eigenvalue weighted by Gasteiger charge is 2.51. The number of carboxylic acid groups (broad SMARTS) is 1. The molecule has 3 saturated heterocycles. The number of aromatic amines is 1. The van der Waals surface area contributed by atoms with E-state index in [4.69, 9.17) is 9.47 Å². The fraction of sp³-hybridized carbons (Fsp3) is 0.464. The molecular formula is C28H31N5O5. The first-order chi connectivity index (χ1) is 18.4. The monoisotopic (exact) mass is 517 g/mol. The average Bonchev–Trinajstić information content (AvgIpc) is 3.26. The van der Waals surface area contributed by atoms with E-state index in [9.17, 15) is 14.7 Å². The molecule has 0 aliphatic carbocycles. The SMILES string of the molecule is Cc1c[nH]c2ncc(-c3cc4c(c(C5COCCN5C(=O)O)c3)CN(C(=O)N3CC5(COC5)C3)CC4)cc12. The fourth-order valence-electron chi connectivity index (χ4n) is 6.38. The summed E-state index contributed by atoms with van der Waals surface area (Å²) in [5.41, 5.74) is 7.21. The van der Waals surface area contributed by atoms with Crippen LogP contribution in [0.25, 0.3) is 22.2 Å². The van der Waals surface area contributed by atoms with Crippen LogP contribution in [0.5, 0.6) is 0 Å². The quantitative estimate of drug-likeness (QED) is 0.539. The maximum absolute atomic E-state index is 13.4. The van der Waals surface area contributed by atoms with E-state index in [0.29, 0.717) is 39.3 Å². The van der Waals surface area contributed by atoms with Crippen molar-refractivity contribution in [3.8, 4) is 11.1 Å². The predicted molar refractivity (Wildman–Crippen MR) is 139 cm³/mol. The van der Waals surface area contributed by atoms with Crippen molar-refractivity contribution < 1.29 is 24.2 Å². The molecule has 1 atom stereocenters. The van der Waals surface area contributed by atoms with E-state index < -0.39 is 12.1 Å². The zero-order chi connectivity index (χ0) is 26.0. The van der Waals surface area contributed by atoms with Crippen molar-refractivity contribution >= 4 is 23.2 Å². The van der Waals surface area contributed by atoms with Gasteiger partial charge in [-0.3, -0.25) is 4.90 Å². The molecular weight excluding hydrogens is 486 g/mol. The van der Waals surface area contributed by atoms with Gasteiger partial charge in [0.15, 0.2) is 0 Å². The molecule has 7 rings (SSSR count). The lowest BCUT2D eigenvalue weighted by Gasteiger charge is -2.55. The van der Waals surface area contributed by atoms with Crippen molar-refractivity contribution in [2.24, 2.45) is 5.41 Å². The van der Waals surface area contributed by atoms with Crippen LogP contribution >= 0.6 is 0 Å². The Bertz CT molecular complexity index is 1440. The van der Waals surface area contributed by atoms with Gasteiger partial charge in [0.25, 0.3) is 0 Å². The van der Waals surface area contributed by atoms with Gasteiger partial charge in [0.05, 0.1) is 37.9 Å². The number of carbonyl (C=O) groups is 2. The summed E-state index contributed by atoms with van der Waals surface area (Å²) in [4.78, 5) is 38.7. The number of urea groups is 1. The van der Waals surface area contributed by atoms with Crippen LogP contribution in [0.3, 0.4) is 0 Å². The van der Waals surface area contributed by atoms with Gasteiger partial charge in [0.1, 0.15) is 5.65 Å². The molecule has 0 radical (unpaired) electrons. The highest BCUT2D eigenvalue weighted by molar-refractivity contribution is 5.85. The number of amides is 3. The van der Waals surface area contributed by atoms with Crippen LogP contribution in [0.4, 0.5) is 9.59 Å². The number of ether oxygens (including phenoxy) is 2. The van der Waals surface area contributed by atoms with E-state index in [-0.39, 0.29) is 11.4 Å². The Kier molecular flexibility index (Phi) is 5.38. The number of aromatic nitrogens is 2. The zero-order valence-electron chi connectivity index (χ0n) is 21.4. The van der Waals surface area contributed by atoms with Crippen molar-refractivity contribution in [2.45, 2.75) is 25.9 Å². The first-order valence-electron chi connectivity index (χ1n) is 13.2. The van der Waals surface area contributed by atoms with Crippen LogP contribution in [0.1, 0.15) is 28.3 Å². The molecule has 4 aliphatic rings. The van der Waals surface area contributed by atoms with Crippen LogP contribution in [-0.2, 0) is 22.4 Å². The minimum absolute atomic E-state index is 0.0516. The number of pyridine rings is 1. The van der Waals surface area contributed by atoms with Gasteiger partial charge in [0, 0.05) is 56.1 Å². The Morgan fingerprint density at radius 2 is 1.95 bits per heavy atom. The Morgan fingerprint density at radius 3 is 2.71 bits per heavy atom. The Labute approximate surface area is 220 Å². The number of aryl methyl sites for hydroxylation is 1. The lowest BCUT2D eigenvalue weighted by molar-refractivity contribution is -0.177. The third-order valence-corrected chi connectivity index (χ3v) is 8.59. The number of fused-ring (bicyclic) bond motifs is 2. The van der Waals surface area contributed by atoms with Crippen LogP contribution in [-0.4, -0.2) is 94.5 Å². The molecule has 38 heavy (non-hydrogen) atoms. The van der Waals surface area contributed by atoms with E-state index in [0.717, 1.165) is 70.7 Å². The molecule has 1 unspecified atom stereocenters. The summed E-state index contributed by atoms with van der Waals surface area (Å²) in [7, 11) is 0. The fourth-order valence-corrected chi connectivity index (χ4v) is 6.38. The number of H-pyrrole nitrogens is 1. The third-order valence-electron chi connectivity index (χ3n) is 8.59. The second kappa shape index (κ2) is 8.71. The minimum atomic E-state index is -0.958. The first kappa shape index (κ1) is 23.5. The molecule has 4 aliphatic heterocycles. The standard InChI is InChI=1S/C28H31N5O5/c1-17-9-29-25-21(17)8-20(10-30-25)19-6-18-2-3-31(26(34)32-13-28(14-32)15-38-16-28)11-23(18)22(7-19)24-12-37-5-4-33(24)27(35)36/h6-10,24H,2-5,11-16H2,1H3,(H,29,30)(H,35,36). The maximum Gasteiger partial charge on any atom is 0.407 e. The highest BCUT2D eigenvalue weighted by Crippen LogP contribution is 2.40. The summed E-state index contributed by atoms with van der Waals surface area (Å²) in [5.74, 6) is 0. The number of carbonyl (C=O) groups excluding carboxylic acids is 1.